The van der Waals surface area contributed by atoms with E-state index in [9.17, 15) is 17.2 Å². The van der Waals surface area contributed by atoms with E-state index in [1.54, 1.807) is 13.8 Å². The Bertz CT molecular complexity index is 647. The number of sulfonamides is 1. The van der Waals surface area contributed by atoms with Crippen LogP contribution in [0.2, 0.25) is 0 Å². The van der Waals surface area contributed by atoms with Gasteiger partial charge in [0.15, 0.2) is 11.6 Å². The molecule has 0 saturated carbocycles. The Morgan fingerprint density at radius 2 is 2.05 bits per heavy atom. The van der Waals surface area contributed by atoms with Crippen LogP contribution in [0.15, 0.2) is 17.0 Å². The fraction of sp³-hybridized carbons (Fsp3) is 0.538. The summed E-state index contributed by atoms with van der Waals surface area (Å²) in [7, 11) is -4.14. The number of halogens is 2. The molecule has 1 saturated heterocycles. The lowest BCUT2D eigenvalue weighted by Gasteiger charge is -2.37. The Hall–Kier alpha value is -1.09. The molecule has 1 aliphatic rings. The fourth-order valence-corrected chi connectivity index (χ4v) is 3.94. The molecule has 0 radical (unpaired) electrons. The largest absolute Gasteiger partial charge is 0.373 e. The van der Waals surface area contributed by atoms with E-state index in [1.807, 2.05) is 0 Å². The summed E-state index contributed by atoms with van der Waals surface area (Å²) < 4.78 is 59.1. The van der Waals surface area contributed by atoms with Crippen molar-refractivity contribution in [1.82, 2.24) is 4.31 Å². The minimum absolute atomic E-state index is 0.0727. The molecule has 0 amide bonds. The summed E-state index contributed by atoms with van der Waals surface area (Å²) >= 11 is 0. The Morgan fingerprint density at radius 1 is 1.38 bits per heavy atom. The van der Waals surface area contributed by atoms with Gasteiger partial charge in [0.1, 0.15) is 4.90 Å². The third kappa shape index (κ3) is 3.23. The quantitative estimate of drug-likeness (QED) is 0.909. The third-order valence-electron chi connectivity index (χ3n) is 3.30. The monoisotopic (exact) mass is 320 g/mol. The molecule has 1 aromatic carbocycles. The second kappa shape index (κ2) is 5.60. The van der Waals surface area contributed by atoms with Gasteiger partial charge < -0.3 is 10.5 Å². The van der Waals surface area contributed by atoms with Gasteiger partial charge in [-0.25, -0.2) is 17.2 Å². The van der Waals surface area contributed by atoms with E-state index in [4.69, 9.17) is 10.5 Å². The molecule has 0 bridgehead atoms. The summed E-state index contributed by atoms with van der Waals surface area (Å²) in [5.74, 6) is -2.60. The second-order valence-electron chi connectivity index (χ2n) is 5.54. The summed E-state index contributed by atoms with van der Waals surface area (Å²) in [6.45, 7) is 3.77. The van der Waals surface area contributed by atoms with Crippen molar-refractivity contribution in [2.24, 2.45) is 5.73 Å². The molecule has 0 aromatic heterocycles. The maximum atomic E-state index is 13.9. The van der Waals surface area contributed by atoms with Crippen LogP contribution >= 0.6 is 0 Å². The Morgan fingerprint density at radius 3 is 2.62 bits per heavy atom. The molecule has 0 aliphatic carbocycles. The highest BCUT2D eigenvalue weighted by Crippen LogP contribution is 2.27. The molecule has 0 unspecified atom stereocenters. The first-order valence-corrected chi connectivity index (χ1v) is 7.93. The molecule has 2 N–H and O–H groups in total. The van der Waals surface area contributed by atoms with Gasteiger partial charge >= 0.3 is 0 Å². The summed E-state index contributed by atoms with van der Waals surface area (Å²) in [4.78, 5) is -0.680. The van der Waals surface area contributed by atoms with Crippen LogP contribution in [0.25, 0.3) is 0 Å². The molecular weight excluding hydrogens is 302 g/mol. The minimum Gasteiger partial charge on any atom is -0.373 e. The number of ether oxygens (including phenoxy) is 1. The minimum atomic E-state index is -4.14. The number of rotatable bonds is 3. The summed E-state index contributed by atoms with van der Waals surface area (Å²) in [5, 5.41) is 0. The SMILES string of the molecule is CC1(C)CN(S(=O)(=O)c2cc(CN)cc(F)c2F)CCO1. The molecular formula is C13H18F2N2O3S. The summed E-state index contributed by atoms with van der Waals surface area (Å²) in [6, 6.07) is 1.98. The number of benzene rings is 1. The first kappa shape index (κ1) is 16.3. The van der Waals surface area contributed by atoms with Gasteiger partial charge in [-0.05, 0) is 31.5 Å². The van der Waals surface area contributed by atoms with Crippen LogP contribution in [-0.4, -0.2) is 38.0 Å². The topological polar surface area (TPSA) is 72.6 Å². The predicted octanol–water partition coefficient (Wildman–Crippen LogP) is 1.22. The molecule has 1 heterocycles. The van der Waals surface area contributed by atoms with Crippen LogP contribution in [0, 0.1) is 11.6 Å². The predicted molar refractivity (Wildman–Crippen MR) is 73.0 cm³/mol. The number of nitrogens with two attached hydrogens (primary N) is 1. The van der Waals surface area contributed by atoms with E-state index in [2.05, 4.69) is 0 Å². The normalized spacial score (nSPS) is 19.7. The van der Waals surface area contributed by atoms with Crippen molar-refractivity contribution in [2.45, 2.75) is 30.9 Å². The summed E-state index contributed by atoms with van der Waals surface area (Å²) in [5.41, 5.74) is 4.93. The van der Waals surface area contributed by atoms with E-state index >= 15 is 0 Å². The molecule has 2 rings (SSSR count). The third-order valence-corrected chi connectivity index (χ3v) is 5.14. The Kier molecular flexibility index (Phi) is 4.34. The average molecular weight is 320 g/mol. The highest BCUT2D eigenvalue weighted by Gasteiger charge is 2.36. The average Bonchev–Trinajstić information content (AvgIpc) is 2.40. The first-order valence-electron chi connectivity index (χ1n) is 6.49. The second-order valence-corrected chi connectivity index (χ2v) is 7.45. The smallest absolute Gasteiger partial charge is 0.246 e. The van der Waals surface area contributed by atoms with Crippen LogP contribution in [-0.2, 0) is 21.3 Å². The van der Waals surface area contributed by atoms with Crippen LogP contribution in [0.5, 0.6) is 0 Å². The zero-order valence-corrected chi connectivity index (χ0v) is 12.7. The lowest BCUT2D eigenvalue weighted by molar-refractivity contribution is -0.0640. The van der Waals surface area contributed by atoms with Crippen molar-refractivity contribution in [3.8, 4) is 0 Å². The lowest BCUT2D eigenvalue weighted by atomic mass is 10.1. The fourth-order valence-electron chi connectivity index (χ4n) is 2.24. The Balaban J connectivity index is 2.47. The molecule has 1 aliphatic heterocycles. The molecule has 1 aromatic rings. The molecule has 5 nitrogen and oxygen atoms in total. The van der Waals surface area contributed by atoms with E-state index in [0.29, 0.717) is 0 Å². The highest BCUT2D eigenvalue weighted by atomic mass is 32.2. The van der Waals surface area contributed by atoms with Gasteiger partial charge in [0.05, 0.1) is 12.2 Å². The highest BCUT2D eigenvalue weighted by molar-refractivity contribution is 7.89. The van der Waals surface area contributed by atoms with Crippen LogP contribution in [0.4, 0.5) is 8.78 Å². The molecule has 0 atom stereocenters. The zero-order valence-electron chi connectivity index (χ0n) is 11.9. The van der Waals surface area contributed by atoms with Gasteiger partial charge in [0.2, 0.25) is 10.0 Å². The van der Waals surface area contributed by atoms with Crippen molar-refractivity contribution in [3.63, 3.8) is 0 Å². The van der Waals surface area contributed by atoms with Gasteiger partial charge in [-0.3, -0.25) is 0 Å². The maximum Gasteiger partial charge on any atom is 0.246 e. The van der Waals surface area contributed by atoms with E-state index < -0.39 is 32.2 Å². The molecule has 21 heavy (non-hydrogen) atoms. The van der Waals surface area contributed by atoms with Crippen molar-refractivity contribution in [2.75, 3.05) is 19.7 Å². The molecule has 0 spiro atoms. The van der Waals surface area contributed by atoms with Crippen molar-refractivity contribution < 1.29 is 21.9 Å². The standard InChI is InChI=1S/C13H18F2N2O3S/c1-13(2)8-17(3-4-20-13)21(18,19)11-6-9(7-16)5-10(14)12(11)15/h5-6H,3-4,7-8,16H2,1-2H3. The van der Waals surface area contributed by atoms with Crippen LogP contribution < -0.4 is 5.73 Å². The van der Waals surface area contributed by atoms with Gasteiger partial charge in [-0.15, -0.1) is 0 Å². The zero-order chi connectivity index (χ0) is 15.8. The number of hydrogen-bond donors (Lipinski definition) is 1. The van der Waals surface area contributed by atoms with E-state index in [1.165, 1.54) is 0 Å². The number of morpholine rings is 1. The van der Waals surface area contributed by atoms with Gasteiger partial charge in [-0.1, -0.05) is 0 Å². The molecule has 1 fully saturated rings. The van der Waals surface area contributed by atoms with Gasteiger partial charge in [0, 0.05) is 19.6 Å². The van der Waals surface area contributed by atoms with Crippen molar-refractivity contribution in [3.05, 3.63) is 29.3 Å². The lowest BCUT2D eigenvalue weighted by Crippen LogP contribution is -2.50. The van der Waals surface area contributed by atoms with Gasteiger partial charge in [0.25, 0.3) is 0 Å². The van der Waals surface area contributed by atoms with Gasteiger partial charge in [-0.2, -0.15) is 4.31 Å². The van der Waals surface area contributed by atoms with E-state index in [0.717, 1.165) is 16.4 Å². The first-order chi connectivity index (χ1) is 9.67. The Labute approximate surface area is 122 Å². The van der Waals surface area contributed by atoms with Crippen LogP contribution in [0.3, 0.4) is 0 Å². The number of hydrogen-bond acceptors (Lipinski definition) is 4. The van der Waals surface area contributed by atoms with E-state index in [-0.39, 0.29) is 31.8 Å². The maximum absolute atomic E-state index is 13.9. The van der Waals surface area contributed by atoms with Crippen LogP contribution in [0.1, 0.15) is 19.4 Å². The number of nitrogens with zero attached hydrogens (tertiary/aromatic N) is 1. The van der Waals surface area contributed by atoms with Crippen molar-refractivity contribution >= 4 is 10.0 Å². The molecule has 8 heteroatoms. The van der Waals surface area contributed by atoms with Crippen molar-refractivity contribution in [1.29, 1.82) is 0 Å². The molecule has 118 valence electrons. The summed E-state index contributed by atoms with van der Waals surface area (Å²) in [6.07, 6.45) is 0.